The lowest BCUT2D eigenvalue weighted by atomic mass is 10.1. The molecule has 3 aromatic carbocycles. The van der Waals surface area contributed by atoms with Crippen molar-refractivity contribution in [1.82, 2.24) is 0 Å². The highest BCUT2D eigenvalue weighted by Gasteiger charge is 2.52. The molecule has 5 nitrogen and oxygen atoms in total. The summed E-state index contributed by atoms with van der Waals surface area (Å²) in [6, 6.07) is 29.3. The van der Waals surface area contributed by atoms with E-state index in [9.17, 15) is 9.90 Å². The van der Waals surface area contributed by atoms with Gasteiger partial charge >= 0.3 is 0 Å². The van der Waals surface area contributed by atoms with Crippen LogP contribution in [0.3, 0.4) is 0 Å². The number of rotatable bonds is 10. The normalized spacial score (nSPS) is 25.0. The summed E-state index contributed by atoms with van der Waals surface area (Å²) in [4.78, 5) is 11.9. The van der Waals surface area contributed by atoms with E-state index in [4.69, 9.17) is 14.2 Å². The number of carbonyl (C=O) groups excluding carboxylic acids is 1. The standard InChI is InChI=1S/C27H28O5/c28-16-23-24(29)26(31-18-21-12-6-2-7-13-21)27(32-19-22-14-8-3-9-15-22)25(23)30-17-20-10-4-1-5-11-20/h1-16,23-27,29H,17-19H2/t23-,24+,25+,26-,27-/m0/s1. The summed E-state index contributed by atoms with van der Waals surface area (Å²) in [6.07, 6.45) is -2.15. The van der Waals surface area contributed by atoms with Gasteiger partial charge in [0, 0.05) is 0 Å². The summed E-state index contributed by atoms with van der Waals surface area (Å²) in [6.45, 7) is 0.962. The minimum atomic E-state index is -1.02. The molecule has 0 amide bonds. The molecule has 0 heterocycles. The zero-order chi connectivity index (χ0) is 22.2. The van der Waals surface area contributed by atoms with Crippen molar-refractivity contribution in [2.45, 2.75) is 44.2 Å². The van der Waals surface area contributed by atoms with Crippen LogP contribution in [0.25, 0.3) is 0 Å². The molecular weight excluding hydrogens is 404 g/mol. The van der Waals surface area contributed by atoms with E-state index in [2.05, 4.69) is 0 Å². The van der Waals surface area contributed by atoms with Crippen molar-refractivity contribution in [3.8, 4) is 0 Å². The van der Waals surface area contributed by atoms with Crippen LogP contribution in [0.15, 0.2) is 91.0 Å². The molecule has 32 heavy (non-hydrogen) atoms. The van der Waals surface area contributed by atoms with Crippen LogP contribution in [0.4, 0.5) is 0 Å². The third kappa shape index (κ3) is 5.50. The summed E-state index contributed by atoms with van der Waals surface area (Å²) in [5.41, 5.74) is 2.97. The van der Waals surface area contributed by atoms with Gasteiger partial charge < -0.3 is 24.1 Å². The highest BCUT2D eigenvalue weighted by molar-refractivity contribution is 5.57. The quantitative estimate of drug-likeness (QED) is 0.492. The fourth-order valence-corrected chi connectivity index (χ4v) is 4.06. The second kappa shape index (κ2) is 11.2. The molecular formula is C27H28O5. The molecule has 0 spiro atoms. The monoisotopic (exact) mass is 432 g/mol. The molecule has 0 aromatic heterocycles. The Balaban J connectivity index is 1.52. The van der Waals surface area contributed by atoms with Crippen LogP contribution in [0.5, 0.6) is 0 Å². The van der Waals surface area contributed by atoms with E-state index < -0.39 is 30.3 Å². The van der Waals surface area contributed by atoms with E-state index in [-0.39, 0.29) is 0 Å². The largest absolute Gasteiger partial charge is 0.389 e. The lowest BCUT2D eigenvalue weighted by molar-refractivity contribution is -0.135. The number of aliphatic hydroxyl groups excluding tert-OH is 1. The molecule has 0 unspecified atom stereocenters. The van der Waals surface area contributed by atoms with Gasteiger partial charge in [0.05, 0.1) is 37.9 Å². The molecule has 5 heteroatoms. The first-order chi connectivity index (χ1) is 15.8. The summed E-state index contributed by atoms with van der Waals surface area (Å²) in [5, 5.41) is 10.9. The minimum Gasteiger partial charge on any atom is -0.389 e. The Labute approximate surface area is 188 Å². The molecule has 0 saturated heterocycles. The highest BCUT2D eigenvalue weighted by atomic mass is 16.6. The van der Waals surface area contributed by atoms with Gasteiger partial charge in [-0.3, -0.25) is 0 Å². The van der Waals surface area contributed by atoms with Gasteiger partial charge in [0.2, 0.25) is 0 Å². The van der Waals surface area contributed by atoms with Gasteiger partial charge in [0.1, 0.15) is 18.5 Å². The SMILES string of the molecule is O=C[C@H]1[C@@H](O)[C@H](OCc2ccccc2)[C@@H](OCc2ccccc2)[C@@H]1OCc1ccccc1. The zero-order valence-corrected chi connectivity index (χ0v) is 17.8. The number of benzene rings is 3. The first-order valence-corrected chi connectivity index (χ1v) is 10.9. The van der Waals surface area contributed by atoms with E-state index in [1.54, 1.807) is 0 Å². The Kier molecular flexibility index (Phi) is 7.80. The number of hydrogen-bond donors (Lipinski definition) is 1. The average Bonchev–Trinajstić information content (AvgIpc) is 3.11. The molecule has 1 saturated carbocycles. The molecule has 1 aliphatic rings. The van der Waals surface area contributed by atoms with Crippen molar-refractivity contribution in [1.29, 1.82) is 0 Å². The maximum absolute atomic E-state index is 11.9. The third-order valence-corrected chi connectivity index (χ3v) is 5.77. The van der Waals surface area contributed by atoms with Gasteiger partial charge in [0.25, 0.3) is 0 Å². The molecule has 166 valence electrons. The summed E-state index contributed by atoms with van der Waals surface area (Å²) in [5.74, 6) is -0.736. The molecule has 3 aromatic rings. The summed E-state index contributed by atoms with van der Waals surface area (Å²) < 4.78 is 18.5. The van der Waals surface area contributed by atoms with Gasteiger partial charge in [0.15, 0.2) is 0 Å². The van der Waals surface area contributed by atoms with Gasteiger partial charge in [-0.25, -0.2) is 0 Å². The Hall–Kier alpha value is -2.83. The highest BCUT2D eigenvalue weighted by Crippen LogP contribution is 2.34. The molecule has 1 N–H and O–H groups in total. The van der Waals surface area contributed by atoms with Crippen LogP contribution < -0.4 is 0 Å². The minimum absolute atomic E-state index is 0.310. The van der Waals surface area contributed by atoms with Crippen LogP contribution in [-0.4, -0.2) is 35.8 Å². The maximum Gasteiger partial charge on any atom is 0.128 e. The van der Waals surface area contributed by atoms with E-state index in [0.29, 0.717) is 19.8 Å². The van der Waals surface area contributed by atoms with Crippen LogP contribution in [0, 0.1) is 5.92 Å². The second-order valence-electron chi connectivity index (χ2n) is 7.99. The molecule has 1 fully saturated rings. The molecule has 5 atom stereocenters. The van der Waals surface area contributed by atoms with Crippen LogP contribution in [0.2, 0.25) is 0 Å². The lowest BCUT2D eigenvalue weighted by Gasteiger charge is -2.26. The fraction of sp³-hybridized carbons (Fsp3) is 0.296. The topological polar surface area (TPSA) is 65.0 Å². The summed E-state index contributed by atoms with van der Waals surface area (Å²) in [7, 11) is 0. The zero-order valence-electron chi connectivity index (χ0n) is 17.8. The van der Waals surface area contributed by atoms with E-state index in [1.165, 1.54) is 0 Å². The second-order valence-corrected chi connectivity index (χ2v) is 7.99. The van der Waals surface area contributed by atoms with Gasteiger partial charge in [-0.1, -0.05) is 91.0 Å². The van der Waals surface area contributed by atoms with Crippen LogP contribution in [0.1, 0.15) is 16.7 Å². The first-order valence-electron chi connectivity index (χ1n) is 10.9. The molecule has 1 aliphatic carbocycles. The molecule has 4 rings (SSSR count). The Morgan fingerprint density at radius 1 is 0.594 bits per heavy atom. The first kappa shape index (κ1) is 22.4. The predicted octanol–water partition coefficient (Wildman–Crippen LogP) is 3.93. The molecule has 0 aliphatic heterocycles. The van der Waals surface area contributed by atoms with Crippen molar-refractivity contribution in [2.75, 3.05) is 0 Å². The average molecular weight is 433 g/mol. The van der Waals surface area contributed by atoms with Gasteiger partial charge in [-0.15, -0.1) is 0 Å². The lowest BCUT2D eigenvalue weighted by Crippen LogP contribution is -2.38. The van der Waals surface area contributed by atoms with Crippen molar-refractivity contribution >= 4 is 6.29 Å². The third-order valence-electron chi connectivity index (χ3n) is 5.77. The molecule has 0 radical (unpaired) electrons. The van der Waals surface area contributed by atoms with Crippen LogP contribution >= 0.6 is 0 Å². The van der Waals surface area contributed by atoms with Crippen molar-refractivity contribution in [3.63, 3.8) is 0 Å². The van der Waals surface area contributed by atoms with Crippen molar-refractivity contribution < 1.29 is 24.1 Å². The maximum atomic E-state index is 11.9. The van der Waals surface area contributed by atoms with E-state index in [0.717, 1.165) is 23.0 Å². The number of carbonyl (C=O) groups is 1. The smallest absolute Gasteiger partial charge is 0.128 e. The Morgan fingerprint density at radius 3 is 1.38 bits per heavy atom. The van der Waals surface area contributed by atoms with Crippen LogP contribution in [-0.2, 0) is 38.8 Å². The van der Waals surface area contributed by atoms with E-state index in [1.807, 2.05) is 91.0 Å². The van der Waals surface area contributed by atoms with Crippen molar-refractivity contribution in [3.05, 3.63) is 108 Å². The van der Waals surface area contributed by atoms with Crippen molar-refractivity contribution in [2.24, 2.45) is 5.92 Å². The number of hydrogen-bond acceptors (Lipinski definition) is 5. The number of aldehydes is 1. The Morgan fingerprint density at radius 2 is 0.969 bits per heavy atom. The fourth-order valence-electron chi connectivity index (χ4n) is 4.06. The number of ether oxygens (including phenoxy) is 3. The predicted molar refractivity (Wildman–Crippen MR) is 121 cm³/mol. The molecule has 0 bridgehead atoms. The summed E-state index contributed by atoms with van der Waals surface area (Å²) >= 11 is 0. The van der Waals surface area contributed by atoms with E-state index >= 15 is 0 Å². The van der Waals surface area contributed by atoms with Gasteiger partial charge in [-0.2, -0.15) is 0 Å². The van der Waals surface area contributed by atoms with Gasteiger partial charge in [-0.05, 0) is 16.7 Å². The number of aliphatic hydroxyl groups is 1. The Bertz CT molecular complexity index is 948.